The van der Waals surface area contributed by atoms with E-state index in [1.165, 1.54) is 36.4 Å². The largest absolute Gasteiger partial charge is 0.478 e. The van der Waals surface area contributed by atoms with Gasteiger partial charge in [0.25, 0.3) is 20.0 Å². The lowest BCUT2D eigenvalue weighted by molar-refractivity contribution is 0.0595. The Morgan fingerprint density at radius 1 is 0.612 bits per heavy atom. The molecular formula is C29H30N8O10S2. The predicted molar refractivity (Wildman–Crippen MR) is 173 cm³/mol. The van der Waals surface area contributed by atoms with Crippen molar-refractivity contribution in [2.24, 2.45) is 0 Å². The first-order valence-electron chi connectivity index (χ1n) is 13.7. The number of ether oxygens (including phenoxy) is 1. The number of anilines is 2. The highest BCUT2D eigenvalue weighted by Crippen LogP contribution is 2.17. The number of carbonyl (C=O) groups excluding carboxylic acids is 3. The van der Waals surface area contributed by atoms with Gasteiger partial charge in [0.2, 0.25) is 11.9 Å². The number of nitrogens with zero attached hydrogens (tertiary/aromatic N) is 4. The molecular weight excluding hydrogens is 684 g/mol. The summed E-state index contributed by atoms with van der Waals surface area (Å²) >= 11 is 0. The summed E-state index contributed by atoms with van der Waals surface area (Å²) in [5, 5.41) is 13.5. The van der Waals surface area contributed by atoms with Gasteiger partial charge in [0.1, 0.15) is 9.79 Å². The molecule has 0 saturated carbocycles. The van der Waals surface area contributed by atoms with Crippen LogP contribution in [0.15, 0.2) is 70.5 Å². The lowest BCUT2D eigenvalue weighted by Crippen LogP contribution is -2.35. The van der Waals surface area contributed by atoms with Crippen LogP contribution in [0.2, 0.25) is 0 Å². The number of amides is 4. The summed E-state index contributed by atoms with van der Waals surface area (Å²) < 4.78 is 57.3. The molecule has 0 bridgehead atoms. The van der Waals surface area contributed by atoms with Gasteiger partial charge in [-0.3, -0.25) is 10.6 Å². The Morgan fingerprint density at radius 2 is 0.959 bits per heavy atom. The molecule has 0 saturated heterocycles. The van der Waals surface area contributed by atoms with Crippen molar-refractivity contribution >= 4 is 55.9 Å². The lowest BCUT2D eigenvalue weighted by atomic mass is 10.2. The van der Waals surface area contributed by atoms with Crippen molar-refractivity contribution in [1.82, 2.24) is 29.4 Å². The van der Waals surface area contributed by atoms with Gasteiger partial charge in [-0.1, -0.05) is 24.3 Å². The molecule has 4 aromatic rings. The van der Waals surface area contributed by atoms with Crippen molar-refractivity contribution < 1.29 is 45.9 Å². The van der Waals surface area contributed by atoms with Crippen LogP contribution >= 0.6 is 0 Å². The van der Waals surface area contributed by atoms with E-state index in [0.29, 0.717) is 22.8 Å². The van der Waals surface area contributed by atoms with Gasteiger partial charge in [-0.2, -0.15) is 0 Å². The molecule has 4 rings (SSSR count). The molecule has 0 atom stereocenters. The molecule has 0 fully saturated rings. The Hall–Kier alpha value is -6.02. The van der Waals surface area contributed by atoms with Crippen molar-refractivity contribution in [3.05, 3.63) is 94.6 Å². The summed E-state index contributed by atoms with van der Waals surface area (Å²) in [6.45, 7) is 6.80. The van der Waals surface area contributed by atoms with Gasteiger partial charge >= 0.3 is 24.0 Å². The highest BCUT2D eigenvalue weighted by Gasteiger charge is 2.26. The molecule has 0 aliphatic heterocycles. The Morgan fingerprint density at radius 3 is 1.33 bits per heavy atom. The second kappa shape index (κ2) is 15.7. The van der Waals surface area contributed by atoms with Gasteiger partial charge in [0.15, 0.2) is 0 Å². The first-order chi connectivity index (χ1) is 22.9. The number of aryl methyl sites for hydroxylation is 4. The molecule has 0 spiro atoms. The van der Waals surface area contributed by atoms with Crippen LogP contribution in [0.4, 0.5) is 21.5 Å². The number of aromatic carboxylic acids is 1. The third-order valence-corrected chi connectivity index (χ3v) is 8.64. The van der Waals surface area contributed by atoms with Crippen molar-refractivity contribution in [2.45, 2.75) is 37.5 Å². The molecule has 49 heavy (non-hydrogen) atoms. The second-order valence-electron chi connectivity index (χ2n) is 9.86. The quantitative estimate of drug-likeness (QED) is 0.164. The Kier molecular flexibility index (Phi) is 12.0. The number of carboxylic acids is 1. The minimum Gasteiger partial charge on any atom is -0.478 e. The van der Waals surface area contributed by atoms with Crippen molar-refractivity contribution in [3.8, 4) is 0 Å². The standard InChI is InChI=1S/C15H16N4O5S.C14H14N4O5S/c1-9-8-10(2)17-14(16-9)18-15(21)19-25(22,23)12-7-5-4-6-11(12)13(20)24-3;1-8-7-9(2)16-13(15-8)17-14(21)18-24(22,23)11-6-4-3-5-10(11)12(19)20/h4-8H,1-3H3,(H2,16,17,18,19,21);3-7H,1-2H3,(H,19,20)(H2,15,16,17,18,21). The Labute approximate surface area is 280 Å². The minimum atomic E-state index is -4.37. The van der Waals surface area contributed by atoms with Crippen LogP contribution in [0.5, 0.6) is 0 Å². The first-order valence-corrected chi connectivity index (χ1v) is 16.7. The van der Waals surface area contributed by atoms with E-state index in [9.17, 15) is 36.0 Å². The first kappa shape index (κ1) is 37.4. The average Bonchev–Trinajstić information content (AvgIpc) is 2.99. The van der Waals surface area contributed by atoms with Crippen LogP contribution in [-0.2, 0) is 24.8 Å². The summed E-state index contributed by atoms with van der Waals surface area (Å²) in [5.41, 5.74) is 1.78. The minimum absolute atomic E-state index is 0.0357. The Bertz CT molecular complexity index is 2100. The van der Waals surface area contributed by atoms with Crippen molar-refractivity contribution in [3.63, 3.8) is 0 Å². The number of hydrogen-bond donors (Lipinski definition) is 5. The molecule has 4 amide bonds. The normalized spacial score (nSPS) is 10.9. The fraction of sp³-hybridized carbons (Fsp3) is 0.172. The summed E-state index contributed by atoms with van der Waals surface area (Å²) in [5.74, 6) is -2.36. The molecule has 258 valence electrons. The topological polar surface area (TPSA) is 266 Å². The van der Waals surface area contributed by atoms with Crippen LogP contribution in [0.3, 0.4) is 0 Å². The van der Waals surface area contributed by atoms with Gasteiger partial charge in [0, 0.05) is 22.8 Å². The number of esters is 1. The summed E-state index contributed by atoms with van der Waals surface area (Å²) in [4.78, 5) is 61.6. The highest BCUT2D eigenvalue weighted by atomic mass is 32.2. The number of carboxylic acid groups (broad SMARTS) is 1. The van der Waals surface area contributed by atoms with Gasteiger partial charge < -0.3 is 9.84 Å². The maximum absolute atomic E-state index is 12.4. The fourth-order valence-corrected chi connectivity index (χ4v) is 6.24. The average molecular weight is 715 g/mol. The molecule has 20 heteroatoms. The number of methoxy groups -OCH3 is 1. The zero-order chi connectivity index (χ0) is 36.5. The number of nitrogens with one attached hydrogen (secondary N) is 4. The lowest BCUT2D eigenvalue weighted by Gasteiger charge is -2.11. The Balaban J connectivity index is 0.000000266. The van der Waals surface area contributed by atoms with Crippen molar-refractivity contribution in [2.75, 3.05) is 17.7 Å². The van der Waals surface area contributed by atoms with Crippen molar-refractivity contribution in [1.29, 1.82) is 0 Å². The third-order valence-electron chi connectivity index (χ3n) is 5.86. The third kappa shape index (κ3) is 10.5. The van der Waals surface area contributed by atoms with E-state index in [0.717, 1.165) is 19.2 Å². The molecule has 5 N–H and O–H groups in total. The molecule has 2 aromatic carbocycles. The number of sulfonamides is 2. The number of carbonyl (C=O) groups is 4. The molecule has 0 unspecified atom stereocenters. The van der Waals surface area contributed by atoms with E-state index in [4.69, 9.17) is 5.11 Å². The molecule has 18 nitrogen and oxygen atoms in total. The summed E-state index contributed by atoms with van der Waals surface area (Å²) in [6, 6.07) is 11.6. The SMILES string of the molecule is COC(=O)c1ccccc1S(=O)(=O)NC(=O)Nc1nc(C)cc(C)n1.Cc1cc(C)nc(NC(=O)NS(=O)(=O)c2ccccc2C(=O)O)n1. The van der Waals surface area contributed by atoms with Crippen LogP contribution < -0.4 is 20.1 Å². The molecule has 2 heterocycles. The van der Waals surface area contributed by atoms with E-state index < -0.39 is 54.5 Å². The number of hydrogen-bond acceptors (Lipinski definition) is 13. The maximum Gasteiger partial charge on any atom is 0.339 e. The van der Waals surface area contributed by atoms with Crippen LogP contribution in [0.25, 0.3) is 0 Å². The molecule has 0 aliphatic rings. The van der Waals surface area contributed by atoms with E-state index >= 15 is 0 Å². The monoisotopic (exact) mass is 714 g/mol. The number of rotatable bonds is 8. The van der Waals surface area contributed by atoms with Gasteiger partial charge in [0.05, 0.1) is 18.2 Å². The van der Waals surface area contributed by atoms with Gasteiger partial charge in [-0.25, -0.2) is 65.4 Å². The zero-order valence-electron chi connectivity index (χ0n) is 26.5. The smallest absolute Gasteiger partial charge is 0.339 e. The molecule has 2 aromatic heterocycles. The summed E-state index contributed by atoms with van der Waals surface area (Å²) in [6.07, 6.45) is 0. The summed E-state index contributed by atoms with van der Waals surface area (Å²) in [7, 11) is -7.55. The zero-order valence-corrected chi connectivity index (χ0v) is 28.1. The second-order valence-corrected chi connectivity index (χ2v) is 13.2. The highest BCUT2D eigenvalue weighted by molar-refractivity contribution is 7.90. The predicted octanol–water partition coefficient (Wildman–Crippen LogP) is 2.69. The number of benzene rings is 2. The fourth-order valence-electron chi connectivity index (χ4n) is 4.03. The maximum atomic E-state index is 12.4. The van der Waals surface area contributed by atoms with Crippen LogP contribution in [-0.4, -0.2) is 73.0 Å². The number of urea groups is 2. The molecule has 0 radical (unpaired) electrons. The van der Waals surface area contributed by atoms with E-state index in [1.54, 1.807) is 44.5 Å². The van der Waals surface area contributed by atoms with Crippen LogP contribution in [0, 0.1) is 27.7 Å². The van der Waals surface area contributed by atoms with Crippen LogP contribution in [0.1, 0.15) is 43.5 Å². The molecule has 0 aliphatic carbocycles. The van der Waals surface area contributed by atoms with E-state index in [2.05, 4.69) is 35.3 Å². The number of aromatic nitrogens is 4. The van der Waals surface area contributed by atoms with Gasteiger partial charge in [-0.15, -0.1) is 0 Å². The van der Waals surface area contributed by atoms with E-state index in [-0.39, 0.29) is 22.4 Å². The van der Waals surface area contributed by atoms with E-state index in [1.807, 2.05) is 4.72 Å². The van der Waals surface area contributed by atoms with Gasteiger partial charge in [-0.05, 0) is 64.1 Å².